The first kappa shape index (κ1) is 47.6. The minimum atomic E-state index is -0.550. The highest BCUT2D eigenvalue weighted by Crippen LogP contribution is 2.36. The Morgan fingerprint density at radius 3 is 1.67 bits per heavy atom. The lowest BCUT2D eigenvalue weighted by Gasteiger charge is -2.14. The molecule has 0 heterocycles. The number of hydrogen-bond donors (Lipinski definition) is 0. The third-order valence-electron chi connectivity index (χ3n) is 10.1. The lowest BCUT2D eigenvalue weighted by Crippen LogP contribution is -2.14. The van der Waals surface area contributed by atoms with E-state index in [1.54, 1.807) is 50.3 Å². The van der Waals surface area contributed by atoms with Gasteiger partial charge in [-0.15, -0.1) is 0 Å². The summed E-state index contributed by atoms with van der Waals surface area (Å²) in [4.78, 5) is 61.6. The zero-order valence-corrected chi connectivity index (χ0v) is 37.1. The second-order valence-electron chi connectivity index (χ2n) is 15.2. The summed E-state index contributed by atoms with van der Waals surface area (Å²) in [6.07, 6.45) is 1.70. The predicted molar refractivity (Wildman–Crippen MR) is 252 cm³/mol. The Bertz CT molecular complexity index is 2780. The van der Waals surface area contributed by atoms with E-state index in [1.807, 2.05) is 91.0 Å². The molecule has 0 aliphatic heterocycles. The van der Waals surface area contributed by atoms with Crippen LogP contribution in [0.2, 0.25) is 0 Å². The van der Waals surface area contributed by atoms with Crippen LogP contribution in [0.15, 0.2) is 151 Å². The number of esters is 5. The van der Waals surface area contributed by atoms with E-state index in [2.05, 4.69) is 13.2 Å². The fourth-order valence-corrected chi connectivity index (χ4v) is 6.70. The van der Waals surface area contributed by atoms with Gasteiger partial charge in [-0.1, -0.05) is 98.1 Å². The van der Waals surface area contributed by atoms with Gasteiger partial charge in [0.1, 0.15) is 45.4 Å². The Balaban J connectivity index is 0.998. The van der Waals surface area contributed by atoms with Crippen molar-refractivity contribution < 1.29 is 57.1 Å². The summed E-state index contributed by atoms with van der Waals surface area (Å²) in [5.74, 6) is -1.95. The maximum atomic E-state index is 13.4. The van der Waals surface area contributed by atoms with Crippen molar-refractivity contribution >= 4 is 57.5 Å². The summed E-state index contributed by atoms with van der Waals surface area (Å²) in [5, 5.41) is 3.74. The van der Waals surface area contributed by atoms with Crippen LogP contribution in [0.1, 0.15) is 47.1 Å². The Kier molecular flexibility index (Phi) is 16.7. The minimum Gasteiger partial charge on any atom is -0.491 e. The van der Waals surface area contributed by atoms with Crippen LogP contribution in [0, 0.1) is 0 Å². The fraction of sp³-hybridized carbons (Fsp3) is 0.204. The molecule has 0 aliphatic carbocycles. The third-order valence-corrected chi connectivity index (χ3v) is 10.1. The minimum absolute atomic E-state index is 0.0623. The van der Waals surface area contributed by atoms with Crippen LogP contribution in [0.4, 0.5) is 0 Å². The monoisotopic (exact) mass is 890 g/mol. The van der Waals surface area contributed by atoms with Gasteiger partial charge in [0.25, 0.3) is 0 Å². The van der Waals surface area contributed by atoms with Crippen molar-refractivity contribution in [1.29, 1.82) is 0 Å². The average Bonchev–Trinajstić information content (AvgIpc) is 3.33. The smallest absolute Gasteiger partial charge is 0.338 e. The van der Waals surface area contributed by atoms with Gasteiger partial charge in [-0.25, -0.2) is 24.0 Å². The molecular weight excluding hydrogens is 841 g/mol. The lowest BCUT2D eigenvalue weighted by atomic mass is 9.92. The topological polar surface area (TPSA) is 150 Å². The highest BCUT2D eigenvalue weighted by molar-refractivity contribution is 6.08. The summed E-state index contributed by atoms with van der Waals surface area (Å²) in [6.45, 7) is 12.4. The molecule has 0 aromatic heterocycles. The van der Waals surface area contributed by atoms with E-state index in [0.29, 0.717) is 41.2 Å². The van der Waals surface area contributed by atoms with Gasteiger partial charge in [0.15, 0.2) is 0 Å². The molecule has 0 bridgehead atoms. The van der Waals surface area contributed by atoms with E-state index >= 15 is 0 Å². The van der Waals surface area contributed by atoms with Crippen LogP contribution in [0.3, 0.4) is 0 Å². The van der Waals surface area contributed by atoms with Gasteiger partial charge in [0.05, 0.1) is 24.3 Å². The van der Waals surface area contributed by atoms with Crippen molar-refractivity contribution in [2.75, 3.05) is 52.9 Å². The molecule has 0 saturated heterocycles. The van der Waals surface area contributed by atoms with E-state index in [9.17, 15) is 24.0 Å². The van der Waals surface area contributed by atoms with Gasteiger partial charge >= 0.3 is 29.8 Å². The summed E-state index contributed by atoms with van der Waals surface area (Å²) in [6, 6.07) is 37.6. The quantitative estimate of drug-likeness (QED) is 0.0293. The van der Waals surface area contributed by atoms with Crippen LogP contribution in [-0.4, -0.2) is 82.7 Å². The van der Waals surface area contributed by atoms with Gasteiger partial charge < -0.3 is 33.2 Å². The summed E-state index contributed by atoms with van der Waals surface area (Å²) in [7, 11) is 0. The number of ether oxygens (including phenoxy) is 7. The van der Waals surface area contributed by atoms with Crippen LogP contribution in [0.5, 0.6) is 5.75 Å². The van der Waals surface area contributed by atoms with Crippen LogP contribution >= 0.6 is 0 Å². The molecule has 12 heteroatoms. The van der Waals surface area contributed by atoms with Crippen LogP contribution in [0.25, 0.3) is 49.9 Å². The fourth-order valence-electron chi connectivity index (χ4n) is 6.70. The number of carbonyl (C=O) groups is 5. The molecule has 0 spiro atoms. The molecule has 0 atom stereocenters. The van der Waals surface area contributed by atoms with Crippen molar-refractivity contribution in [1.82, 2.24) is 0 Å². The Morgan fingerprint density at radius 2 is 1.00 bits per heavy atom. The summed E-state index contributed by atoms with van der Waals surface area (Å²) in [5.41, 5.74) is 6.01. The molecule has 338 valence electrons. The van der Waals surface area contributed by atoms with E-state index in [-0.39, 0.29) is 45.2 Å². The number of hydrogen-bond acceptors (Lipinski definition) is 12. The van der Waals surface area contributed by atoms with Gasteiger partial charge in [-0.05, 0) is 113 Å². The maximum absolute atomic E-state index is 13.4. The zero-order valence-electron chi connectivity index (χ0n) is 37.1. The Morgan fingerprint density at radius 1 is 0.470 bits per heavy atom. The van der Waals surface area contributed by atoms with Gasteiger partial charge in [0.2, 0.25) is 0 Å². The van der Waals surface area contributed by atoms with Crippen molar-refractivity contribution in [3.63, 3.8) is 0 Å². The SMILES string of the molecule is C=C(C)C(=O)OCCOCCOc1ccc2c(-c3cc(C(=O)OCCOC(=O)/C(C)=C/c4ccc(-c5ccc(C(=O)OCCOC(=O)C(=C)C)cc5)cc4)cc4ccccc34)cccc2c1. The average molecular weight is 891 g/mol. The number of fused-ring (bicyclic) bond motifs is 2. The second kappa shape index (κ2) is 23.2. The highest BCUT2D eigenvalue weighted by atomic mass is 16.6. The molecule has 0 N–H and O–H groups in total. The largest absolute Gasteiger partial charge is 0.491 e. The second-order valence-corrected chi connectivity index (χ2v) is 15.2. The van der Waals surface area contributed by atoms with Crippen molar-refractivity contribution in [2.45, 2.75) is 20.8 Å². The van der Waals surface area contributed by atoms with E-state index in [4.69, 9.17) is 33.2 Å². The molecule has 6 rings (SSSR count). The van der Waals surface area contributed by atoms with E-state index in [1.165, 1.54) is 6.92 Å². The number of rotatable bonds is 21. The molecule has 0 saturated carbocycles. The van der Waals surface area contributed by atoms with E-state index < -0.39 is 29.8 Å². The number of carbonyl (C=O) groups excluding carboxylic acids is 5. The van der Waals surface area contributed by atoms with E-state index in [0.717, 1.165) is 49.4 Å². The molecule has 12 nitrogen and oxygen atoms in total. The van der Waals surface area contributed by atoms with Gasteiger partial charge in [0, 0.05) is 16.7 Å². The van der Waals surface area contributed by atoms with Crippen LogP contribution in [-0.2, 0) is 42.8 Å². The van der Waals surface area contributed by atoms with Gasteiger partial charge in [-0.3, -0.25) is 0 Å². The zero-order chi connectivity index (χ0) is 47.0. The van der Waals surface area contributed by atoms with Crippen LogP contribution < -0.4 is 4.74 Å². The first-order valence-electron chi connectivity index (χ1n) is 21.2. The Hall–Kier alpha value is -7.83. The molecular formula is C54H50O12. The molecule has 0 amide bonds. The molecule has 6 aromatic carbocycles. The molecule has 0 fully saturated rings. The predicted octanol–water partition coefficient (Wildman–Crippen LogP) is 9.92. The molecule has 0 radical (unpaired) electrons. The lowest BCUT2D eigenvalue weighted by molar-refractivity contribution is -0.141. The van der Waals surface area contributed by atoms with Crippen molar-refractivity contribution in [3.05, 3.63) is 168 Å². The third kappa shape index (κ3) is 13.1. The molecule has 6 aromatic rings. The van der Waals surface area contributed by atoms with Gasteiger partial charge in [-0.2, -0.15) is 0 Å². The highest BCUT2D eigenvalue weighted by Gasteiger charge is 2.16. The summed E-state index contributed by atoms with van der Waals surface area (Å²) >= 11 is 0. The normalized spacial score (nSPS) is 11.1. The van der Waals surface area contributed by atoms with Crippen molar-refractivity contribution in [2.24, 2.45) is 0 Å². The first-order valence-corrected chi connectivity index (χ1v) is 21.2. The Labute approximate surface area is 383 Å². The standard InChI is InChI=1S/C54H50O12/c1-35(2)50(55)62-26-24-60-23-25-61-45-21-22-47-43(33-45)10-8-12-48(47)49-34-44(32-42-9-6-7-11-46(42)49)54(59)66-30-28-64-52(57)37(5)31-38-13-15-39(16-14-38)40-17-19-41(20-18-40)53(58)65-29-27-63-51(56)36(3)4/h6-22,31-34H,1,3,23-30H2,2,4-5H3/b37-31+. The molecule has 0 aliphatic rings. The van der Waals surface area contributed by atoms with Crippen molar-refractivity contribution in [3.8, 4) is 28.0 Å². The molecule has 66 heavy (non-hydrogen) atoms. The first-order chi connectivity index (χ1) is 31.9. The number of benzene rings is 6. The maximum Gasteiger partial charge on any atom is 0.338 e. The summed E-state index contributed by atoms with van der Waals surface area (Å²) < 4.78 is 37.6. The molecule has 0 unspecified atom stereocenters.